The molecule has 1 atom stereocenters. The highest BCUT2D eigenvalue weighted by Gasteiger charge is 2.40. The van der Waals surface area contributed by atoms with Gasteiger partial charge in [0.2, 0.25) is 0 Å². The van der Waals surface area contributed by atoms with E-state index in [1.807, 2.05) is 0 Å². The molecule has 0 aromatic heterocycles. The summed E-state index contributed by atoms with van der Waals surface area (Å²) < 4.78 is 9.53. The molecule has 0 aliphatic carbocycles. The number of carbonyl (C=O) groups excluding carboxylic acids is 1. The molecule has 0 aromatic carbocycles. The van der Waals surface area contributed by atoms with Crippen LogP contribution in [0.5, 0.6) is 0 Å². The van der Waals surface area contributed by atoms with Crippen LogP contribution in [-0.2, 0) is 14.3 Å². The van der Waals surface area contributed by atoms with Crippen molar-refractivity contribution in [2.45, 2.75) is 24.5 Å². The summed E-state index contributed by atoms with van der Waals surface area (Å²) in [6.07, 6.45) is 0.756. The van der Waals surface area contributed by atoms with Crippen LogP contribution in [0.3, 0.4) is 0 Å². The fourth-order valence-electron chi connectivity index (χ4n) is 1.38. The summed E-state index contributed by atoms with van der Waals surface area (Å²) in [5, 5.41) is 9.94. The van der Waals surface area contributed by atoms with Crippen LogP contribution < -0.4 is 5.73 Å². The summed E-state index contributed by atoms with van der Waals surface area (Å²) in [4.78, 5) is 11.1. The van der Waals surface area contributed by atoms with E-state index in [-0.39, 0.29) is 0 Å². The number of nitrogens with two attached hydrogens (primary N) is 1. The molecule has 5 heteroatoms. The summed E-state index contributed by atoms with van der Waals surface area (Å²) in [5.41, 5.74) is 4.40. The lowest BCUT2D eigenvalue weighted by atomic mass is 9.87. The van der Waals surface area contributed by atoms with Gasteiger partial charge in [-0.3, -0.25) is 4.79 Å². The van der Waals surface area contributed by atoms with Gasteiger partial charge in [-0.2, -0.15) is 0 Å². The monoisotopic (exact) mass is 189 g/mol. The molecule has 3 N–H and O–H groups in total. The van der Waals surface area contributed by atoms with Gasteiger partial charge in [0.05, 0.1) is 12.7 Å². The van der Waals surface area contributed by atoms with Gasteiger partial charge in [-0.25, -0.2) is 0 Å². The first kappa shape index (κ1) is 10.4. The molecule has 0 saturated carbocycles. The quantitative estimate of drug-likeness (QED) is 0.546. The van der Waals surface area contributed by atoms with E-state index in [0.29, 0.717) is 26.1 Å². The van der Waals surface area contributed by atoms with E-state index in [0.717, 1.165) is 0 Å². The number of ether oxygens (including phenoxy) is 2. The van der Waals surface area contributed by atoms with Crippen molar-refractivity contribution in [2.24, 2.45) is 5.73 Å². The molecule has 0 amide bonds. The SMILES string of the molecule is COC(=O)C(N)C1(O)CCOCC1. The Balaban J connectivity index is 2.61. The average molecular weight is 189 g/mol. The van der Waals surface area contributed by atoms with Crippen LogP contribution in [0.15, 0.2) is 0 Å². The molecule has 13 heavy (non-hydrogen) atoms. The standard InChI is InChI=1S/C8H15NO4/c1-12-7(10)6(9)8(11)2-4-13-5-3-8/h6,11H,2-5,9H2,1H3. The first-order chi connectivity index (χ1) is 6.10. The number of methoxy groups -OCH3 is 1. The molecule has 1 unspecified atom stereocenters. The molecule has 1 fully saturated rings. The van der Waals surface area contributed by atoms with Crippen molar-refractivity contribution in [1.82, 2.24) is 0 Å². The lowest BCUT2D eigenvalue weighted by Crippen LogP contribution is -2.55. The van der Waals surface area contributed by atoms with E-state index in [4.69, 9.17) is 10.5 Å². The van der Waals surface area contributed by atoms with Gasteiger partial charge in [-0.1, -0.05) is 0 Å². The van der Waals surface area contributed by atoms with Crippen molar-refractivity contribution in [3.63, 3.8) is 0 Å². The van der Waals surface area contributed by atoms with Crippen LogP contribution in [0.1, 0.15) is 12.8 Å². The molecule has 1 rings (SSSR count). The maximum Gasteiger partial charge on any atom is 0.325 e. The fourth-order valence-corrected chi connectivity index (χ4v) is 1.38. The number of aliphatic hydroxyl groups is 1. The largest absolute Gasteiger partial charge is 0.468 e. The minimum absolute atomic E-state index is 0.378. The Bertz CT molecular complexity index is 189. The number of rotatable bonds is 2. The van der Waals surface area contributed by atoms with Crippen LogP contribution in [0.25, 0.3) is 0 Å². The zero-order valence-corrected chi connectivity index (χ0v) is 7.66. The Morgan fingerprint density at radius 1 is 1.62 bits per heavy atom. The van der Waals surface area contributed by atoms with Gasteiger partial charge in [-0.15, -0.1) is 0 Å². The molecule has 0 bridgehead atoms. The Kier molecular flexibility index (Phi) is 3.24. The molecule has 1 aliphatic rings. The summed E-state index contributed by atoms with van der Waals surface area (Å²) in [7, 11) is 1.25. The molecular weight excluding hydrogens is 174 g/mol. The number of hydrogen-bond acceptors (Lipinski definition) is 5. The maximum atomic E-state index is 11.1. The van der Waals surface area contributed by atoms with Crippen LogP contribution in [-0.4, -0.2) is 43.0 Å². The molecule has 5 nitrogen and oxygen atoms in total. The molecule has 0 radical (unpaired) electrons. The number of hydrogen-bond donors (Lipinski definition) is 2. The Hall–Kier alpha value is -0.650. The van der Waals surface area contributed by atoms with Gasteiger partial charge in [0, 0.05) is 26.1 Å². The summed E-state index contributed by atoms with van der Waals surface area (Å²) >= 11 is 0. The average Bonchev–Trinajstić information content (AvgIpc) is 2.16. The van der Waals surface area contributed by atoms with Gasteiger partial charge >= 0.3 is 5.97 Å². The smallest absolute Gasteiger partial charge is 0.325 e. The van der Waals surface area contributed by atoms with Crippen molar-refractivity contribution in [3.8, 4) is 0 Å². The van der Waals surface area contributed by atoms with Crippen molar-refractivity contribution in [1.29, 1.82) is 0 Å². The van der Waals surface area contributed by atoms with Gasteiger partial charge in [0.1, 0.15) is 6.04 Å². The van der Waals surface area contributed by atoms with Gasteiger partial charge in [-0.05, 0) is 0 Å². The lowest BCUT2D eigenvalue weighted by molar-refractivity contribution is -0.154. The predicted molar refractivity (Wildman–Crippen MR) is 45.0 cm³/mol. The number of carbonyl (C=O) groups is 1. The molecule has 1 saturated heterocycles. The third kappa shape index (κ3) is 2.18. The minimum Gasteiger partial charge on any atom is -0.468 e. The summed E-state index contributed by atoms with van der Waals surface area (Å²) in [5.74, 6) is -0.579. The fraction of sp³-hybridized carbons (Fsp3) is 0.875. The summed E-state index contributed by atoms with van der Waals surface area (Å²) in [6.45, 7) is 0.863. The zero-order chi connectivity index (χ0) is 9.90. The highest BCUT2D eigenvalue weighted by molar-refractivity contribution is 5.76. The first-order valence-electron chi connectivity index (χ1n) is 4.24. The molecular formula is C8H15NO4. The van der Waals surface area contributed by atoms with Gasteiger partial charge in [0.25, 0.3) is 0 Å². The van der Waals surface area contributed by atoms with Crippen LogP contribution >= 0.6 is 0 Å². The van der Waals surface area contributed by atoms with Crippen molar-refractivity contribution in [3.05, 3.63) is 0 Å². The van der Waals surface area contributed by atoms with Crippen LogP contribution in [0.4, 0.5) is 0 Å². The Labute approximate surface area is 76.8 Å². The molecule has 76 valence electrons. The maximum absolute atomic E-state index is 11.1. The molecule has 1 aliphatic heterocycles. The second-order valence-electron chi connectivity index (χ2n) is 3.22. The second-order valence-corrected chi connectivity index (χ2v) is 3.22. The van der Waals surface area contributed by atoms with E-state index in [9.17, 15) is 9.90 Å². The normalized spacial score (nSPS) is 23.6. The highest BCUT2D eigenvalue weighted by Crippen LogP contribution is 2.23. The Morgan fingerprint density at radius 2 is 2.15 bits per heavy atom. The van der Waals surface area contributed by atoms with Gasteiger partial charge in [0.15, 0.2) is 0 Å². The van der Waals surface area contributed by atoms with Crippen LogP contribution in [0.2, 0.25) is 0 Å². The van der Waals surface area contributed by atoms with Crippen molar-refractivity contribution < 1.29 is 19.4 Å². The molecule has 0 aromatic rings. The topological polar surface area (TPSA) is 81.8 Å². The first-order valence-corrected chi connectivity index (χ1v) is 4.24. The molecule has 1 heterocycles. The highest BCUT2D eigenvalue weighted by atomic mass is 16.5. The summed E-state index contributed by atoms with van der Waals surface area (Å²) in [6, 6.07) is -0.971. The third-order valence-corrected chi connectivity index (χ3v) is 2.39. The number of esters is 1. The zero-order valence-electron chi connectivity index (χ0n) is 7.66. The van der Waals surface area contributed by atoms with E-state index >= 15 is 0 Å². The molecule has 0 spiro atoms. The van der Waals surface area contributed by atoms with E-state index in [2.05, 4.69) is 4.74 Å². The Morgan fingerprint density at radius 3 is 2.62 bits per heavy atom. The van der Waals surface area contributed by atoms with Crippen LogP contribution in [0, 0.1) is 0 Å². The minimum atomic E-state index is -1.16. The van der Waals surface area contributed by atoms with E-state index in [1.165, 1.54) is 7.11 Å². The lowest BCUT2D eigenvalue weighted by Gasteiger charge is -2.35. The predicted octanol–water partition coefficient (Wildman–Crippen LogP) is -0.972. The second kappa shape index (κ2) is 4.04. The third-order valence-electron chi connectivity index (χ3n) is 2.39. The van der Waals surface area contributed by atoms with Crippen molar-refractivity contribution in [2.75, 3.05) is 20.3 Å². The van der Waals surface area contributed by atoms with E-state index in [1.54, 1.807) is 0 Å². The van der Waals surface area contributed by atoms with Crippen molar-refractivity contribution >= 4 is 5.97 Å². The van der Waals surface area contributed by atoms with E-state index < -0.39 is 17.6 Å². The van der Waals surface area contributed by atoms with Gasteiger partial charge < -0.3 is 20.3 Å².